The second-order valence-electron chi connectivity index (χ2n) is 5.95. The monoisotopic (exact) mass is 395 g/mol. The van der Waals surface area contributed by atoms with Gasteiger partial charge in [0.2, 0.25) is 5.95 Å². The molecule has 0 aliphatic heterocycles. The Morgan fingerprint density at radius 2 is 1.63 bits per heavy atom. The van der Waals surface area contributed by atoms with Crippen LogP contribution in [-0.4, -0.2) is 15.0 Å². The van der Waals surface area contributed by atoms with Gasteiger partial charge in [0, 0.05) is 23.3 Å². The van der Waals surface area contributed by atoms with Crippen molar-refractivity contribution in [2.75, 3.05) is 10.6 Å². The van der Waals surface area contributed by atoms with Crippen LogP contribution in [0.1, 0.15) is 5.69 Å². The lowest BCUT2D eigenvalue weighted by Crippen LogP contribution is -2.03. The fraction of sp³-hybridized carbons (Fsp3) is 0.0500. The molecule has 27 heavy (non-hydrogen) atoms. The summed E-state index contributed by atoms with van der Waals surface area (Å²) in [4.78, 5) is 13.4. The molecule has 0 saturated heterocycles. The van der Waals surface area contributed by atoms with Gasteiger partial charge < -0.3 is 10.6 Å². The van der Waals surface area contributed by atoms with Gasteiger partial charge in [0.25, 0.3) is 0 Å². The minimum atomic E-state index is 0.426. The second-order valence-corrected chi connectivity index (χ2v) is 6.74. The molecular weight excluding hydrogens is 381 g/mol. The maximum atomic E-state index is 6.24. The predicted molar refractivity (Wildman–Crippen MR) is 112 cm³/mol. The van der Waals surface area contributed by atoms with E-state index in [1.807, 2.05) is 55.5 Å². The van der Waals surface area contributed by atoms with Crippen molar-refractivity contribution in [1.29, 1.82) is 0 Å². The molecule has 0 aliphatic carbocycles. The summed E-state index contributed by atoms with van der Waals surface area (Å²) in [6.45, 7) is 1.90. The first kappa shape index (κ1) is 17.5. The van der Waals surface area contributed by atoms with E-state index >= 15 is 0 Å². The Bertz CT molecular complexity index is 1130. The second kappa shape index (κ2) is 7.39. The molecular formula is C20H15Cl2N5. The summed E-state index contributed by atoms with van der Waals surface area (Å²) in [5, 5.41) is 8.40. The summed E-state index contributed by atoms with van der Waals surface area (Å²) in [5.41, 5.74) is 3.20. The van der Waals surface area contributed by atoms with Crippen molar-refractivity contribution in [2.45, 2.75) is 6.92 Å². The Balaban J connectivity index is 1.67. The van der Waals surface area contributed by atoms with Crippen molar-refractivity contribution >= 4 is 57.2 Å². The van der Waals surface area contributed by atoms with Crippen LogP contribution in [0.3, 0.4) is 0 Å². The molecule has 0 unspecified atom stereocenters. The first-order chi connectivity index (χ1) is 13.1. The van der Waals surface area contributed by atoms with Crippen LogP contribution < -0.4 is 10.6 Å². The van der Waals surface area contributed by atoms with E-state index < -0.39 is 0 Å². The van der Waals surface area contributed by atoms with Gasteiger partial charge in [0.15, 0.2) is 0 Å². The fourth-order valence-electron chi connectivity index (χ4n) is 2.75. The number of halogens is 2. The van der Waals surface area contributed by atoms with E-state index in [-0.39, 0.29) is 0 Å². The minimum Gasteiger partial charge on any atom is -0.338 e. The molecule has 0 aliphatic rings. The molecule has 134 valence electrons. The molecule has 0 saturated carbocycles. The number of fused-ring (bicyclic) bond motifs is 1. The minimum absolute atomic E-state index is 0.426. The highest BCUT2D eigenvalue weighted by Gasteiger charge is 2.09. The average Bonchev–Trinajstić information content (AvgIpc) is 2.65. The van der Waals surface area contributed by atoms with Crippen molar-refractivity contribution in [2.24, 2.45) is 0 Å². The number of pyridine rings is 1. The van der Waals surface area contributed by atoms with Crippen LogP contribution in [0.15, 0.2) is 60.8 Å². The van der Waals surface area contributed by atoms with E-state index in [2.05, 4.69) is 25.6 Å². The molecule has 2 N–H and O–H groups in total. The normalized spacial score (nSPS) is 10.8. The molecule has 2 heterocycles. The van der Waals surface area contributed by atoms with Crippen LogP contribution in [0, 0.1) is 6.92 Å². The number of nitrogens with one attached hydrogen (secondary N) is 2. The van der Waals surface area contributed by atoms with Crippen LogP contribution >= 0.6 is 23.2 Å². The van der Waals surface area contributed by atoms with Crippen molar-refractivity contribution in [1.82, 2.24) is 15.0 Å². The molecule has 7 heteroatoms. The Morgan fingerprint density at radius 1 is 0.852 bits per heavy atom. The standard InChI is InChI=1S/C20H15Cl2N5/c1-12-11-17(25-16-9-2-5-13-6-4-10-23-19(13)16)27-20(24-12)26-15-8-3-7-14(21)18(15)22/h2-11H,1H3,(H2,24,25,26,27). The molecule has 5 nitrogen and oxygen atoms in total. The number of anilines is 4. The van der Waals surface area contributed by atoms with Crippen LogP contribution in [-0.2, 0) is 0 Å². The zero-order valence-corrected chi connectivity index (χ0v) is 15.9. The van der Waals surface area contributed by atoms with E-state index in [1.54, 1.807) is 12.3 Å². The van der Waals surface area contributed by atoms with E-state index in [1.165, 1.54) is 0 Å². The van der Waals surface area contributed by atoms with Crippen LogP contribution in [0.25, 0.3) is 10.9 Å². The van der Waals surface area contributed by atoms with E-state index in [0.717, 1.165) is 22.3 Å². The number of rotatable bonds is 4. The van der Waals surface area contributed by atoms with Crippen molar-refractivity contribution in [3.05, 3.63) is 76.5 Å². The maximum Gasteiger partial charge on any atom is 0.229 e. The summed E-state index contributed by atoms with van der Waals surface area (Å²) < 4.78 is 0. The highest BCUT2D eigenvalue weighted by molar-refractivity contribution is 6.43. The quantitative estimate of drug-likeness (QED) is 0.435. The summed E-state index contributed by atoms with van der Waals surface area (Å²) >= 11 is 12.3. The third-order valence-corrected chi connectivity index (χ3v) is 4.77. The third kappa shape index (κ3) is 3.79. The molecule has 4 rings (SSSR count). The summed E-state index contributed by atoms with van der Waals surface area (Å²) in [6, 6.07) is 17.1. The lowest BCUT2D eigenvalue weighted by molar-refractivity contribution is 1.11. The van der Waals surface area contributed by atoms with Gasteiger partial charge in [-0.15, -0.1) is 0 Å². The van der Waals surface area contributed by atoms with E-state index in [4.69, 9.17) is 23.2 Å². The Kier molecular flexibility index (Phi) is 4.79. The maximum absolute atomic E-state index is 6.24. The van der Waals surface area contributed by atoms with Crippen LogP contribution in [0.5, 0.6) is 0 Å². The number of aromatic nitrogens is 3. The smallest absolute Gasteiger partial charge is 0.229 e. The number of nitrogens with zero attached hydrogens (tertiary/aromatic N) is 3. The van der Waals surface area contributed by atoms with Crippen molar-refractivity contribution in [3.8, 4) is 0 Å². The van der Waals surface area contributed by atoms with Gasteiger partial charge in [0.05, 0.1) is 26.9 Å². The van der Waals surface area contributed by atoms with Gasteiger partial charge in [-0.2, -0.15) is 4.98 Å². The highest BCUT2D eigenvalue weighted by atomic mass is 35.5. The van der Waals surface area contributed by atoms with Gasteiger partial charge in [-0.05, 0) is 31.2 Å². The molecule has 0 radical (unpaired) electrons. The molecule has 0 bridgehead atoms. The van der Waals surface area contributed by atoms with Gasteiger partial charge in [-0.1, -0.05) is 47.5 Å². The predicted octanol–water partition coefficient (Wildman–Crippen LogP) is 6.13. The molecule has 0 fully saturated rings. The summed E-state index contributed by atoms with van der Waals surface area (Å²) in [7, 11) is 0. The first-order valence-corrected chi connectivity index (χ1v) is 9.03. The van der Waals surface area contributed by atoms with Gasteiger partial charge >= 0.3 is 0 Å². The zero-order valence-electron chi connectivity index (χ0n) is 14.4. The topological polar surface area (TPSA) is 62.7 Å². The van der Waals surface area contributed by atoms with Crippen LogP contribution in [0.2, 0.25) is 10.0 Å². The number of benzene rings is 2. The first-order valence-electron chi connectivity index (χ1n) is 8.27. The van der Waals surface area contributed by atoms with Gasteiger partial charge in [-0.25, -0.2) is 4.98 Å². The summed E-state index contributed by atoms with van der Waals surface area (Å²) in [5.74, 6) is 1.08. The largest absolute Gasteiger partial charge is 0.338 e. The molecule has 2 aromatic carbocycles. The van der Waals surface area contributed by atoms with E-state index in [9.17, 15) is 0 Å². The number of aryl methyl sites for hydroxylation is 1. The van der Waals surface area contributed by atoms with Gasteiger partial charge in [0.1, 0.15) is 5.82 Å². The Morgan fingerprint density at radius 3 is 2.52 bits per heavy atom. The fourth-order valence-corrected chi connectivity index (χ4v) is 3.10. The van der Waals surface area contributed by atoms with E-state index in [0.29, 0.717) is 27.5 Å². The number of para-hydroxylation sites is 1. The lowest BCUT2D eigenvalue weighted by atomic mass is 10.2. The molecule has 2 aromatic heterocycles. The number of hydrogen-bond acceptors (Lipinski definition) is 5. The molecule has 4 aromatic rings. The molecule has 0 spiro atoms. The lowest BCUT2D eigenvalue weighted by Gasteiger charge is -2.12. The van der Waals surface area contributed by atoms with Gasteiger partial charge in [-0.3, -0.25) is 4.98 Å². The highest BCUT2D eigenvalue weighted by Crippen LogP contribution is 2.31. The SMILES string of the molecule is Cc1cc(Nc2cccc3cccnc23)nc(Nc2cccc(Cl)c2Cl)n1. The summed E-state index contributed by atoms with van der Waals surface area (Å²) in [6.07, 6.45) is 1.77. The van der Waals surface area contributed by atoms with Crippen LogP contribution in [0.4, 0.5) is 23.1 Å². The van der Waals surface area contributed by atoms with Crippen molar-refractivity contribution in [3.63, 3.8) is 0 Å². The molecule has 0 atom stereocenters. The average molecular weight is 396 g/mol. The number of hydrogen-bond donors (Lipinski definition) is 2. The Labute approximate surface area is 166 Å². The molecule has 0 amide bonds. The Hall–Kier alpha value is -2.89. The zero-order chi connectivity index (χ0) is 18.8. The third-order valence-electron chi connectivity index (χ3n) is 3.95. The van der Waals surface area contributed by atoms with Crippen molar-refractivity contribution < 1.29 is 0 Å².